The van der Waals surface area contributed by atoms with Crippen LogP contribution in [0.25, 0.3) is 0 Å². The Morgan fingerprint density at radius 1 is 1.35 bits per heavy atom. The highest BCUT2D eigenvalue weighted by molar-refractivity contribution is 6.27. The van der Waals surface area contributed by atoms with E-state index in [0.29, 0.717) is 6.54 Å². The zero-order chi connectivity index (χ0) is 12.7. The Morgan fingerprint density at radius 3 is 2.47 bits per heavy atom. The van der Waals surface area contributed by atoms with Crippen molar-refractivity contribution in [2.75, 3.05) is 19.5 Å². The molecule has 0 atom stereocenters. The second-order valence-electron chi connectivity index (χ2n) is 3.80. The van der Waals surface area contributed by atoms with Gasteiger partial charge in [-0.15, -0.1) is 11.6 Å². The third kappa shape index (κ3) is 4.27. The molecule has 0 saturated carbocycles. The van der Waals surface area contributed by atoms with Crippen LogP contribution in [0.3, 0.4) is 0 Å². The summed E-state index contributed by atoms with van der Waals surface area (Å²) in [6, 6.07) is 7.71. The molecule has 1 aromatic carbocycles. The average molecular weight is 256 g/mol. The van der Waals surface area contributed by atoms with Crippen molar-refractivity contribution < 1.29 is 9.53 Å². The Bertz CT molecular complexity index is 351. The summed E-state index contributed by atoms with van der Waals surface area (Å²) in [5, 5.41) is 0. The highest BCUT2D eigenvalue weighted by atomic mass is 35.5. The Hall–Kier alpha value is -1.22. The monoisotopic (exact) mass is 255 g/mol. The van der Waals surface area contributed by atoms with Crippen LogP contribution in [0.5, 0.6) is 5.75 Å². The molecule has 1 amide bonds. The summed E-state index contributed by atoms with van der Waals surface area (Å²) in [5.41, 5.74) is 1.08. The van der Waals surface area contributed by atoms with Crippen LogP contribution in [0.15, 0.2) is 24.3 Å². The number of carbonyl (C=O) groups excluding carboxylic acids is 1. The van der Waals surface area contributed by atoms with Crippen LogP contribution in [0.1, 0.15) is 18.9 Å². The summed E-state index contributed by atoms with van der Waals surface area (Å²) >= 11 is 5.59. The zero-order valence-electron chi connectivity index (χ0n) is 10.3. The third-order valence-corrected chi connectivity index (χ3v) is 2.72. The van der Waals surface area contributed by atoms with Crippen LogP contribution in [0, 0.1) is 0 Å². The fourth-order valence-corrected chi connectivity index (χ4v) is 1.77. The number of halogens is 1. The van der Waals surface area contributed by atoms with Gasteiger partial charge in [0.25, 0.3) is 0 Å². The molecule has 94 valence electrons. The lowest BCUT2D eigenvalue weighted by Crippen LogP contribution is -2.32. The van der Waals surface area contributed by atoms with Gasteiger partial charge >= 0.3 is 0 Å². The maximum Gasteiger partial charge on any atom is 0.237 e. The van der Waals surface area contributed by atoms with Crippen LogP contribution in [-0.2, 0) is 11.3 Å². The standard InChI is InChI=1S/C13H18ClNO2/c1-3-8-15(13(16)9-14)10-11-4-6-12(17-2)7-5-11/h4-7H,3,8-10H2,1-2H3. The van der Waals surface area contributed by atoms with Crippen molar-refractivity contribution in [1.29, 1.82) is 0 Å². The van der Waals surface area contributed by atoms with E-state index in [2.05, 4.69) is 0 Å². The fraction of sp³-hybridized carbons (Fsp3) is 0.462. The van der Waals surface area contributed by atoms with E-state index in [-0.39, 0.29) is 11.8 Å². The molecule has 1 aromatic rings. The number of hydrogen-bond donors (Lipinski definition) is 0. The molecule has 1 rings (SSSR count). The van der Waals surface area contributed by atoms with Crippen LogP contribution in [-0.4, -0.2) is 30.3 Å². The van der Waals surface area contributed by atoms with E-state index in [1.165, 1.54) is 0 Å². The summed E-state index contributed by atoms with van der Waals surface area (Å²) in [4.78, 5) is 13.4. The first-order valence-corrected chi connectivity index (χ1v) is 6.21. The van der Waals surface area contributed by atoms with Crippen LogP contribution < -0.4 is 4.74 Å². The quantitative estimate of drug-likeness (QED) is 0.732. The number of benzene rings is 1. The summed E-state index contributed by atoms with van der Waals surface area (Å²) in [6.07, 6.45) is 0.929. The molecular formula is C13H18ClNO2. The van der Waals surface area contributed by atoms with Gasteiger partial charge in [0, 0.05) is 13.1 Å². The van der Waals surface area contributed by atoms with Crippen molar-refractivity contribution in [1.82, 2.24) is 4.90 Å². The summed E-state index contributed by atoms with van der Waals surface area (Å²) in [7, 11) is 1.63. The van der Waals surface area contributed by atoms with Gasteiger partial charge in [-0.25, -0.2) is 0 Å². The SMILES string of the molecule is CCCN(Cc1ccc(OC)cc1)C(=O)CCl. The first kappa shape index (κ1) is 13.8. The minimum absolute atomic E-state index is 0.0238. The Labute approximate surface area is 107 Å². The molecule has 0 saturated heterocycles. The van der Waals surface area contributed by atoms with E-state index < -0.39 is 0 Å². The van der Waals surface area contributed by atoms with Crippen LogP contribution in [0.4, 0.5) is 0 Å². The lowest BCUT2D eigenvalue weighted by molar-refractivity contribution is -0.129. The van der Waals surface area contributed by atoms with E-state index in [1.807, 2.05) is 31.2 Å². The maximum atomic E-state index is 11.6. The van der Waals surface area contributed by atoms with Crippen molar-refractivity contribution >= 4 is 17.5 Å². The number of alkyl halides is 1. The van der Waals surface area contributed by atoms with E-state index in [1.54, 1.807) is 12.0 Å². The molecule has 0 bridgehead atoms. The Balaban J connectivity index is 2.68. The van der Waals surface area contributed by atoms with E-state index >= 15 is 0 Å². The molecule has 0 heterocycles. The number of hydrogen-bond acceptors (Lipinski definition) is 2. The molecule has 4 heteroatoms. The molecular weight excluding hydrogens is 238 g/mol. The third-order valence-electron chi connectivity index (χ3n) is 2.49. The van der Waals surface area contributed by atoms with E-state index in [0.717, 1.165) is 24.3 Å². The normalized spacial score (nSPS) is 10.1. The van der Waals surface area contributed by atoms with Gasteiger partial charge in [0.05, 0.1) is 7.11 Å². The number of methoxy groups -OCH3 is 1. The topological polar surface area (TPSA) is 29.5 Å². The van der Waals surface area contributed by atoms with Gasteiger partial charge in [-0.2, -0.15) is 0 Å². The summed E-state index contributed by atoms with van der Waals surface area (Å²) in [6.45, 7) is 3.38. The number of carbonyl (C=O) groups is 1. The molecule has 0 aliphatic rings. The van der Waals surface area contributed by atoms with Crippen molar-refractivity contribution in [3.63, 3.8) is 0 Å². The molecule has 17 heavy (non-hydrogen) atoms. The molecule has 0 aromatic heterocycles. The molecule has 0 spiro atoms. The summed E-state index contributed by atoms with van der Waals surface area (Å²) < 4.78 is 5.09. The molecule has 0 fully saturated rings. The predicted molar refractivity (Wildman–Crippen MR) is 69.4 cm³/mol. The maximum absolute atomic E-state index is 11.6. The highest BCUT2D eigenvalue weighted by Crippen LogP contribution is 2.13. The largest absolute Gasteiger partial charge is 0.497 e. The number of rotatable bonds is 6. The molecule has 0 aliphatic carbocycles. The Morgan fingerprint density at radius 2 is 2.00 bits per heavy atom. The van der Waals surface area contributed by atoms with Crippen LogP contribution >= 0.6 is 11.6 Å². The number of ether oxygens (including phenoxy) is 1. The molecule has 0 radical (unpaired) electrons. The highest BCUT2D eigenvalue weighted by Gasteiger charge is 2.11. The molecule has 0 unspecified atom stereocenters. The zero-order valence-corrected chi connectivity index (χ0v) is 11.0. The van der Waals surface area contributed by atoms with Gasteiger partial charge < -0.3 is 9.64 Å². The second-order valence-corrected chi connectivity index (χ2v) is 4.06. The van der Waals surface area contributed by atoms with Gasteiger partial charge in [-0.1, -0.05) is 19.1 Å². The molecule has 3 nitrogen and oxygen atoms in total. The van der Waals surface area contributed by atoms with Crippen molar-refractivity contribution in [2.24, 2.45) is 0 Å². The first-order valence-electron chi connectivity index (χ1n) is 5.68. The van der Waals surface area contributed by atoms with Crippen molar-refractivity contribution in [2.45, 2.75) is 19.9 Å². The first-order chi connectivity index (χ1) is 8.21. The lowest BCUT2D eigenvalue weighted by atomic mass is 10.2. The van der Waals surface area contributed by atoms with Gasteiger partial charge in [0.15, 0.2) is 0 Å². The Kier molecular flexibility index (Phi) is 5.84. The number of amides is 1. The van der Waals surface area contributed by atoms with Gasteiger partial charge in [0.2, 0.25) is 5.91 Å². The van der Waals surface area contributed by atoms with Gasteiger partial charge in [-0.05, 0) is 24.1 Å². The minimum Gasteiger partial charge on any atom is -0.497 e. The van der Waals surface area contributed by atoms with Gasteiger partial charge in [-0.3, -0.25) is 4.79 Å². The predicted octanol–water partition coefficient (Wildman–Crippen LogP) is 2.67. The van der Waals surface area contributed by atoms with E-state index in [9.17, 15) is 4.79 Å². The van der Waals surface area contributed by atoms with Crippen molar-refractivity contribution in [3.8, 4) is 5.75 Å². The molecule has 0 aliphatic heterocycles. The van der Waals surface area contributed by atoms with Gasteiger partial charge in [0.1, 0.15) is 11.6 Å². The fourth-order valence-electron chi connectivity index (χ4n) is 1.60. The smallest absolute Gasteiger partial charge is 0.237 e. The minimum atomic E-state index is -0.0238. The van der Waals surface area contributed by atoms with E-state index in [4.69, 9.17) is 16.3 Å². The average Bonchev–Trinajstić information content (AvgIpc) is 2.38. The van der Waals surface area contributed by atoms with Crippen LogP contribution in [0.2, 0.25) is 0 Å². The number of nitrogens with zero attached hydrogens (tertiary/aromatic N) is 1. The lowest BCUT2D eigenvalue weighted by Gasteiger charge is -2.21. The molecule has 0 N–H and O–H groups in total. The van der Waals surface area contributed by atoms with Crippen molar-refractivity contribution in [3.05, 3.63) is 29.8 Å². The second kappa shape index (κ2) is 7.17. The summed E-state index contributed by atoms with van der Waals surface area (Å²) in [5.74, 6) is 0.833.